The summed E-state index contributed by atoms with van der Waals surface area (Å²) in [6, 6.07) is 0.546. The van der Waals surface area contributed by atoms with Crippen LogP contribution in [0.5, 0.6) is 0 Å². The molecule has 3 rings (SSSR count). The lowest BCUT2D eigenvalue weighted by molar-refractivity contribution is -0.121. The summed E-state index contributed by atoms with van der Waals surface area (Å²) < 4.78 is 7.30. The van der Waals surface area contributed by atoms with Crippen LogP contribution in [0, 0.1) is 0 Å². The van der Waals surface area contributed by atoms with Crippen molar-refractivity contribution >= 4 is 5.91 Å². The first kappa shape index (κ1) is 16.4. The van der Waals surface area contributed by atoms with E-state index in [4.69, 9.17) is 4.74 Å². The Balaban J connectivity index is 1.44. The average molecular weight is 321 g/mol. The largest absolute Gasteiger partial charge is 0.381 e. The first-order valence-corrected chi connectivity index (χ1v) is 8.66. The first-order valence-electron chi connectivity index (χ1n) is 8.66. The molecule has 128 valence electrons. The van der Waals surface area contributed by atoms with E-state index < -0.39 is 0 Å². The van der Waals surface area contributed by atoms with Crippen molar-refractivity contribution in [2.45, 2.75) is 64.1 Å². The third kappa shape index (κ3) is 4.29. The Hall–Kier alpha value is -1.47. The predicted octanol–water partition coefficient (Wildman–Crippen LogP) is 0.601. The maximum Gasteiger partial charge on any atom is 0.234 e. The summed E-state index contributed by atoms with van der Waals surface area (Å²) in [5.41, 5.74) is 0. The number of aromatic nitrogens is 3. The van der Waals surface area contributed by atoms with Crippen LogP contribution in [0.2, 0.25) is 0 Å². The lowest BCUT2D eigenvalue weighted by Crippen LogP contribution is -2.46. The van der Waals surface area contributed by atoms with Crippen molar-refractivity contribution in [3.63, 3.8) is 0 Å². The van der Waals surface area contributed by atoms with E-state index in [-0.39, 0.29) is 18.0 Å². The Labute approximate surface area is 137 Å². The number of nitrogens with one attached hydrogen (secondary N) is 2. The van der Waals surface area contributed by atoms with Gasteiger partial charge in [0.25, 0.3) is 0 Å². The van der Waals surface area contributed by atoms with Crippen molar-refractivity contribution in [1.29, 1.82) is 0 Å². The molecule has 7 heteroatoms. The number of carbonyl (C=O) groups is 1. The Kier molecular flexibility index (Phi) is 5.27. The van der Waals surface area contributed by atoms with Crippen LogP contribution in [0.25, 0.3) is 0 Å². The minimum absolute atomic E-state index is 0.0733. The first-order chi connectivity index (χ1) is 11.1. The molecule has 0 spiro atoms. The highest BCUT2D eigenvalue weighted by molar-refractivity contribution is 5.78. The molecule has 0 aliphatic carbocycles. The van der Waals surface area contributed by atoms with Gasteiger partial charge in [0.15, 0.2) is 5.82 Å². The Morgan fingerprint density at radius 1 is 1.30 bits per heavy atom. The van der Waals surface area contributed by atoms with E-state index in [1.165, 1.54) is 0 Å². The summed E-state index contributed by atoms with van der Waals surface area (Å²) in [6.07, 6.45) is 3.74. The normalized spacial score (nSPS) is 22.1. The zero-order valence-electron chi connectivity index (χ0n) is 14.0. The number of ether oxygens (including phenoxy) is 1. The van der Waals surface area contributed by atoms with Gasteiger partial charge in [-0.2, -0.15) is 5.10 Å². The van der Waals surface area contributed by atoms with E-state index >= 15 is 0 Å². The Morgan fingerprint density at radius 2 is 2.09 bits per heavy atom. The van der Waals surface area contributed by atoms with Gasteiger partial charge in [0.2, 0.25) is 5.91 Å². The summed E-state index contributed by atoms with van der Waals surface area (Å²) in [5, 5.41) is 11.0. The van der Waals surface area contributed by atoms with E-state index in [0.29, 0.717) is 12.5 Å². The number of hydrogen-bond acceptors (Lipinski definition) is 5. The molecule has 23 heavy (non-hydrogen) atoms. The summed E-state index contributed by atoms with van der Waals surface area (Å²) in [7, 11) is 0. The molecule has 1 fully saturated rings. The maximum atomic E-state index is 12.0. The number of carbonyl (C=O) groups excluding carboxylic acids is 1. The quantitative estimate of drug-likeness (QED) is 0.830. The van der Waals surface area contributed by atoms with E-state index in [1.807, 2.05) is 4.68 Å². The predicted molar refractivity (Wildman–Crippen MR) is 86.2 cm³/mol. The zero-order valence-corrected chi connectivity index (χ0v) is 14.0. The van der Waals surface area contributed by atoms with Crippen molar-refractivity contribution in [3.05, 3.63) is 11.6 Å². The second kappa shape index (κ2) is 7.40. The number of fused-ring (bicyclic) bond motifs is 1. The standard InChI is InChI=1S/C16H27N5O2/c1-11(2)16-19-14-4-3-13(10-21(14)20-16)17-9-15(22)18-12-5-7-23-8-6-12/h11-13,17H,3-10H2,1-2H3,(H,18,22). The molecule has 1 amide bonds. The van der Waals surface area contributed by atoms with Crippen LogP contribution in [-0.4, -0.2) is 52.5 Å². The number of rotatable bonds is 5. The molecule has 1 unspecified atom stereocenters. The minimum atomic E-state index is 0.0733. The Bertz CT molecular complexity index is 537. The monoisotopic (exact) mass is 321 g/mol. The third-order valence-electron chi connectivity index (χ3n) is 4.53. The molecule has 0 radical (unpaired) electrons. The molecular formula is C16H27N5O2. The van der Waals surface area contributed by atoms with Crippen LogP contribution in [0.1, 0.15) is 50.7 Å². The number of hydrogen-bond donors (Lipinski definition) is 2. The molecule has 3 heterocycles. The van der Waals surface area contributed by atoms with E-state index in [2.05, 4.69) is 34.6 Å². The second-order valence-corrected chi connectivity index (χ2v) is 6.79. The lowest BCUT2D eigenvalue weighted by atomic mass is 10.1. The van der Waals surface area contributed by atoms with Gasteiger partial charge in [0.05, 0.1) is 13.1 Å². The molecule has 1 aromatic rings. The number of nitrogens with zero attached hydrogens (tertiary/aromatic N) is 3. The van der Waals surface area contributed by atoms with Crippen molar-refractivity contribution in [3.8, 4) is 0 Å². The van der Waals surface area contributed by atoms with Crippen LogP contribution < -0.4 is 10.6 Å². The number of aryl methyl sites for hydroxylation is 1. The molecule has 1 saturated heterocycles. The highest BCUT2D eigenvalue weighted by Crippen LogP contribution is 2.16. The molecule has 2 N–H and O–H groups in total. The van der Waals surface area contributed by atoms with Gasteiger partial charge in [0.1, 0.15) is 5.82 Å². The molecule has 0 saturated carbocycles. The van der Waals surface area contributed by atoms with Crippen molar-refractivity contribution in [1.82, 2.24) is 25.4 Å². The molecule has 0 aromatic carbocycles. The minimum Gasteiger partial charge on any atom is -0.381 e. The molecule has 2 aliphatic heterocycles. The summed E-state index contributed by atoms with van der Waals surface area (Å²) in [4.78, 5) is 16.6. The topological polar surface area (TPSA) is 81.1 Å². The third-order valence-corrected chi connectivity index (χ3v) is 4.53. The second-order valence-electron chi connectivity index (χ2n) is 6.79. The molecule has 2 aliphatic rings. The van der Waals surface area contributed by atoms with Crippen molar-refractivity contribution < 1.29 is 9.53 Å². The number of amides is 1. The average Bonchev–Trinajstić information content (AvgIpc) is 2.97. The molecule has 0 bridgehead atoms. The molecule has 1 aromatic heterocycles. The van der Waals surface area contributed by atoms with Crippen LogP contribution in [0.4, 0.5) is 0 Å². The van der Waals surface area contributed by atoms with E-state index in [1.54, 1.807) is 0 Å². The molecule has 7 nitrogen and oxygen atoms in total. The van der Waals surface area contributed by atoms with Gasteiger partial charge >= 0.3 is 0 Å². The summed E-state index contributed by atoms with van der Waals surface area (Å²) in [6.45, 7) is 6.86. The van der Waals surface area contributed by atoms with Crippen molar-refractivity contribution in [2.75, 3.05) is 19.8 Å². The summed E-state index contributed by atoms with van der Waals surface area (Å²) >= 11 is 0. The van der Waals surface area contributed by atoms with Gasteiger partial charge in [-0.3, -0.25) is 4.79 Å². The molecule has 1 atom stereocenters. The Morgan fingerprint density at radius 3 is 2.83 bits per heavy atom. The zero-order chi connectivity index (χ0) is 16.2. The molecular weight excluding hydrogens is 294 g/mol. The highest BCUT2D eigenvalue weighted by Gasteiger charge is 2.23. The van der Waals surface area contributed by atoms with Gasteiger partial charge in [0, 0.05) is 37.6 Å². The van der Waals surface area contributed by atoms with Gasteiger partial charge in [-0.25, -0.2) is 9.67 Å². The van der Waals surface area contributed by atoms with Crippen LogP contribution in [-0.2, 0) is 22.5 Å². The van der Waals surface area contributed by atoms with Gasteiger partial charge in [-0.05, 0) is 19.3 Å². The van der Waals surface area contributed by atoms with Gasteiger partial charge in [-0.15, -0.1) is 0 Å². The fourth-order valence-corrected chi connectivity index (χ4v) is 3.10. The van der Waals surface area contributed by atoms with Gasteiger partial charge in [-0.1, -0.05) is 13.8 Å². The van der Waals surface area contributed by atoms with Crippen LogP contribution >= 0.6 is 0 Å². The van der Waals surface area contributed by atoms with E-state index in [9.17, 15) is 4.79 Å². The van der Waals surface area contributed by atoms with Crippen molar-refractivity contribution in [2.24, 2.45) is 0 Å². The van der Waals surface area contributed by atoms with Gasteiger partial charge < -0.3 is 15.4 Å². The maximum absolute atomic E-state index is 12.0. The SMILES string of the molecule is CC(C)c1nc2n(n1)CC(NCC(=O)NC1CCOCC1)CC2. The van der Waals surface area contributed by atoms with Crippen LogP contribution in [0.3, 0.4) is 0 Å². The fourth-order valence-electron chi connectivity index (χ4n) is 3.10. The smallest absolute Gasteiger partial charge is 0.234 e. The van der Waals surface area contributed by atoms with Crippen LogP contribution in [0.15, 0.2) is 0 Å². The summed E-state index contributed by atoms with van der Waals surface area (Å²) in [5.74, 6) is 2.41. The van der Waals surface area contributed by atoms with E-state index in [0.717, 1.165) is 57.1 Å². The highest BCUT2D eigenvalue weighted by atomic mass is 16.5. The fraction of sp³-hybridized carbons (Fsp3) is 0.812. The lowest BCUT2D eigenvalue weighted by Gasteiger charge is -2.25.